The monoisotopic (exact) mass is 219 g/mol. The first kappa shape index (κ1) is 11.1. The molecular formula is C12H17N3O. The van der Waals surface area contributed by atoms with Crippen LogP contribution in [0.15, 0.2) is 30.3 Å². The number of carbonyl (C=O) groups excluding carboxylic acids is 1. The number of nitrogens with two attached hydrogens (primary N) is 1. The molecule has 0 aliphatic carbocycles. The van der Waals surface area contributed by atoms with Crippen molar-refractivity contribution < 1.29 is 4.79 Å². The average Bonchev–Trinajstić information content (AvgIpc) is 2.74. The maximum absolute atomic E-state index is 11.7. The van der Waals surface area contributed by atoms with Gasteiger partial charge in [-0.05, 0) is 12.0 Å². The Kier molecular flexibility index (Phi) is 3.54. The molecule has 0 spiro atoms. The predicted octanol–water partition coefficient (Wildman–Crippen LogP) is -0.00800. The summed E-state index contributed by atoms with van der Waals surface area (Å²) in [7, 11) is 0. The van der Waals surface area contributed by atoms with Gasteiger partial charge < -0.3 is 16.4 Å². The van der Waals surface area contributed by atoms with Crippen molar-refractivity contribution in [2.24, 2.45) is 5.73 Å². The smallest absolute Gasteiger partial charge is 0.237 e. The number of benzene rings is 1. The minimum atomic E-state index is -0.126. The summed E-state index contributed by atoms with van der Waals surface area (Å²) in [4.78, 5) is 11.7. The van der Waals surface area contributed by atoms with Gasteiger partial charge in [-0.1, -0.05) is 30.3 Å². The van der Waals surface area contributed by atoms with Crippen LogP contribution in [0.4, 0.5) is 0 Å². The fourth-order valence-corrected chi connectivity index (χ4v) is 1.87. The van der Waals surface area contributed by atoms with Crippen LogP contribution in [0, 0.1) is 0 Å². The Bertz CT molecular complexity index is 353. The van der Waals surface area contributed by atoms with Gasteiger partial charge in [0.1, 0.15) is 0 Å². The fraction of sp³-hybridized carbons (Fsp3) is 0.417. The lowest BCUT2D eigenvalue weighted by Gasteiger charge is -2.10. The van der Waals surface area contributed by atoms with E-state index in [1.807, 2.05) is 30.3 Å². The van der Waals surface area contributed by atoms with Crippen molar-refractivity contribution in [2.75, 3.05) is 6.54 Å². The molecule has 86 valence electrons. The second-order valence-corrected chi connectivity index (χ2v) is 4.16. The molecule has 0 radical (unpaired) electrons. The van der Waals surface area contributed by atoms with E-state index in [0.717, 1.165) is 18.5 Å². The van der Waals surface area contributed by atoms with Crippen LogP contribution < -0.4 is 16.4 Å². The van der Waals surface area contributed by atoms with E-state index in [9.17, 15) is 4.79 Å². The third-order valence-corrected chi connectivity index (χ3v) is 2.79. The summed E-state index contributed by atoms with van der Waals surface area (Å²) < 4.78 is 0. The minimum absolute atomic E-state index is 0.0387. The molecule has 1 aliphatic heterocycles. The Morgan fingerprint density at radius 2 is 2.19 bits per heavy atom. The molecule has 4 heteroatoms. The highest BCUT2D eigenvalue weighted by Crippen LogP contribution is 2.05. The van der Waals surface area contributed by atoms with Gasteiger partial charge in [0.05, 0.1) is 6.04 Å². The van der Waals surface area contributed by atoms with E-state index in [4.69, 9.17) is 5.73 Å². The predicted molar refractivity (Wildman–Crippen MR) is 62.7 cm³/mol. The molecular weight excluding hydrogens is 202 g/mol. The van der Waals surface area contributed by atoms with Gasteiger partial charge in [0.15, 0.2) is 0 Å². The standard InChI is InChI=1S/C12H17N3O/c13-10-6-11(14-8-10)12(16)15-7-9-4-2-1-3-5-9/h1-5,10-11,14H,6-8,13H2,(H,15,16). The molecule has 2 unspecified atom stereocenters. The lowest BCUT2D eigenvalue weighted by atomic mass is 10.1. The van der Waals surface area contributed by atoms with E-state index < -0.39 is 0 Å². The highest BCUT2D eigenvalue weighted by molar-refractivity contribution is 5.82. The third kappa shape index (κ3) is 2.81. The fourth-order valence-electron chi connectivity index (χ4n) is 1.87. The molecule has 0 bridgehead atoms. The quantitative estimate of drug-likeness (QED) is 0.670. The number of amides is 1. The van der Waals surface area contributed by atoms with Gasteiger partial charge in [0.2, 0.25) is 5.91 Å². The number of rotatable bonds is 3. The van der Waals surface area contributed by atoms with Gasteiger partial charge in [-0.3, -0.25) is 4.79 Å². The van der Waals surface area contributed by atoms with Crippen molar-refractivity contribution in [3.8, 4) is 0 Å². The number of nitrogens with one attached hydrogen (secondary N) is 2. The number of carbonyl (C=O) groups is 1. The van der Waals surface area contributed by atoms with Crippen LogP contribution in [-0.2, 0) is 11.3 Å². The van der Waals surface area contributed by atoms with Crippen molar-refractivity contribution in [3.05, 3.63) is 35.9 Å². The maximum Gasteiger partial charge on any atom is 0.237 e. The lowest BCUT2D eigenvalue weighted by Crippen LogP contribution is -2.39. The van der Waals surface area contributed by atoms with Crippen LogP contribution in [0.25, 0.3) is 0 Å². The van der Waals surface area contributed by atoms with Crippen molar-refractivity contribution in [1.82, 2.24) is 10.6 Å². The molecule has 0 saturated carbocycles. The van der Waals surface area contributed by atoms with E-state index in [0.29, 0.717) is 6.54 Å². The van der Waals surface area contributed by atoms with Gasteiger partial charge in [-0.15, -0.1) is 0 Å². The Morgan fingerprint density at radius 1 is 1.44 bits per heavy atom. The van der Waals surface area contributed by atoms with E-state index >= 15 is 0 Å². The summed E-state index contributed by atoms with van der Waals surface area (Å²) in [5.74, 6) is 0.0387. The zero-order chi connectivity index (χ0) is 11.4. The van der Waals surface area contributed by atoms with Crippen LogP contribution in [0.1, 0.15) is 12.0 Å². The SMILES string of the molecule is NC1CNC(C(=O)NCc2ccccc2)C1. The average molecular weight is 219 g/mol. The molecule has 4 N–H and O–H groups in total. The summed E-state index contributed by atoms with van der Waals surface area (Å²) in [5, 5.41) is 6.01. The Labute approximate surface area is 95.2 Å². The normalized spacial score (nSPS) is 24.3. The first-order chi connectivity index (χ1) is 7.75. The zero-order valence-corrected chi connectivity index (χ0v) is 9.15. The van der Waals surface area contributed by atoms with Crippen molar-refractivity contribution in [3.63, 3.8) is 0 Å². The molecule has 1 aliphatic rings. The minimum Gasteiger partial charge on any atom is -0.351 e. The highest BCUT2D eigenvalue weighted by Gasteiger charge is 2.26. The van der Waals surface area contributed by atoms with E-state index in [-0.39, 0.29) is 18.0 Å². The number of hydrogen-bond acceptors (Lipinski definition) is 3. The van der Waals surface area contributed by atoms with E-state index in [2.05, 4.69) is 10.6 Å². The van der Waals surface area contributed by atoms with Gasteiger partial charge >= 0.3 is 0 Å². The summed E-state index contributed by atoms with van der Waals surface area (Å²) in [6, 6.07) is 9.85. The van der Waals surface area contributed by atoms with Crippen LogP contribution in [0.2, 0.25) is 0 Å². The molecule has 1 fully saturated rings. The van der Waals surface area contributed by atoms with Gasteiger partial charge in [0.25, 0.3) is 0 Å². The van der Waals surface area contributed by atoms with Gasteiger partial charge in [-0.2, -0.15) is 0 Å². The first-order valence-electron chi connectivity index (χ1n) is 5.56. The van der Waals surface area contributed by atoms with Crippen LogP contribution in [-0.4, -0.2) is 24.5 Å². The molecule has 1 aromatic rings. The summed E-state index contributed by atoms with van der Waals surface area (Å²) in [5.41, 5.74) is 6.84. The van der Waals surface area contributed by atoms with Crippen LogP contribution in [0.3, 0.4) is 0 Å². The number of hydrogen-bond donors (Lipinski definition) is 3. The first-order valence-corrected chi connectivity index (χ1v) is 5.56. The molecule has 2 atom stereocenters. The Balaban J connectivity index is 1.80. The summed E-state index contributed by atoms with van der Waals surface area (Å²) in [6.07, 6.45) is 0.723. The van der Waals surface area contributed by atoms with Crippen LogP contribution >= 0.6 is 0 Å². The molecule has 1 heterocycles. The van der Waals surface area contributed by atoms with Crippen LogP contribution in [0.5, 0.6) is 0 Å². The summed E-state index contributed by atoms with van der Waals surface area (Å²) in [6.45, 7) is 1.30. The van der Waals surface area contributed by atoms with Crippen molar-refractivity contribution in [2.45, 2.75) is 25.0 Å². The highest BCUT2D eigenvalue weighted by atomic mass is 16.2. The molecule has 2 rings (SSSR count). The molecule has 1 amide bonds. The largest absolute Gasteiger partial charge is 0.351 e. The molecule has 1 aromatic carbocycles. The maximum atomic E-state index is 11.7. The Morgan fingerprint density at radius 3 is 2.81 bits per heavy atom. The zero-order valence-electron chi connectivity index (χ0n) is 9.15. The lowest BCUT2D eigenvalue weighted by molar-refractivity contribution is -0.122. The molecule has 1 saturated heterocycles. The van der Waals surface area contributed by atoms with E-state index in [1.165, 1.54) is 0 Å². The van der Waals surface area contributed by atoms with Crippen molar-refractivity contribution in [1.29, 1.82) is 0 Å². The second kappa shape index (κ2) is 5.09. The van der Waals surface area contributed by atoms with E-state index in [1.54, 1.807) is 0 Å². The molecule has 4 nitrogen and oxygen atoms in total. The van der Waals surface area contributed by atoms with Crippen molar-refractivity contribution >= 4 is 5.91 Å². The third-order valence-electron chi connectivity index (χ3n) is 2.79. The summed E-state index contributed by atoms with van der Waals surface area (Å²) >= 11 is 0. The molecule has 0 aromatic heterocycles. The van der Waals surface area contributed by atoms with Gasteiger partial charge in [-0.25, -0.2) is 0 Å². The molecule has 16 heavy (non-hydrogen) atoms. The second-order valence-electron chi connectivity index (χ2n) is 4.16. The Hall–Kier alpha value is -1.39. The van der Waals surface area contributed by atoms with Gasteiger partial charge in [0, 0.05) is 19.1 Å². The topological polar surface area (TPSA) is 67.1 Å².